The lowest BCUT2D eigenvalue weighted by Gasteiger charge is -2.26. The Labute approximate surface area is 135 Å². The molecular formula is C16H24BrN3O. The zero-order valence-corrected chi connectivity index (χ0v) is 14.4. The second-order valence-corrected chi connectivity index (χ2v) is 6.80. The van der Waals surface area contributed by atoms with E-state index >= 15 is 0 Å². The highest BCUT2D eigenvalue weighted by Gasteiger charge is 2.34. The predicted octanol–water partition coefficient (Wildman–Crippen LogP) is 3.06. The van der Waals surface area contributed by atoms with Gasteiger partial charge in [0.2, 0.25) is 0 Å². The lowest BCUT2D eigenvalue weighted by Crippen LogP contribution is -2.30. The van der Waals surface area contributed by atoms with Crippen LogP contribution in [-0.4, -0.2) is 23.9 Å². The number of halogens is 1. The Bertz CT molecular complexity index is 514. The van der Waals surface area contributed by atoms with E-state index in [0.717, 1.165) is 24.1 Å². The van der Waals surface area contributed by atoms with E-state index in [-0.39, 0.29) is 5.91 Å². The van der Waals surface area contributed by atoms with Gasteiger partial charge in [-0.05, 0) is 48.9 Å². The maximum atomic E-state index is 11.5. The van der Waals surface area contributed by atoms with Gasteiger partial charge in [-0.3, -0.25) is 15.1 Å². The average molecular weight is 354 g/mol. The molecule has 1 heterocycles. The third-order valence-corrected chi connectivity index (χ3v) is 5.60. The zero-order valence-electron chi connectivity index (χ0n) is 12.8. The Morgan fingerprint density at radius 3 is 2.67 bits per heavy atom. The Balaban J connectivity index is 2.06. The van der Waals surface area contributed by atoms with Crippen LogP contribution in [0.15, 0.2) is 22.7 Å². The molecule has 0 aliphatic carbocycles. The topological polar surface area (TPSA) is 58.4 Å². The lowest BCUT2D eigenvalue weighted by molar-refractivity contribution is 0.0953. The number of hydrogen-bond donors (Lipinski definition) is 2. The summed E-state index contributed by atoms with van der Waals surface area (Å²) < 4.78 is 0.967. The van der Waals surface area contributed by atoms with Crippen molar-refractivity contribution < 1.29 is 4.79 Å². The first-order valence-electron chi connectivity index (χ1n) is 7.55. The van der Waals surface area contributed by atoms with E-state index in [0.29, 0.717) is 11.0 Å². The molecule has 1 saturated heterocycles. The van der Waals surface area contributed by atoms with Crippen LogP contribution in [0.3, 0.4) is 0 Å². The van der Waals surface area contributed by atoms with Crippen molar-refractivity contribution in [1.29, 1.82) is 0 Å². The van der Waals surface area contributed by atoms with Gasteiger partial charge in [-0.25, -0.2) is 5.84 Å². The molecule has 0 bridgehead atoms. The van der Waals surface area contributed by atoms with Gasteiger partial charge < -0.3 is 0 Å². The third kappa shape index (κ3) is 3.65. The standard InChI is InChI=1S/C16H24BrN3O/c1-3-16(4-2)7-8-20(11-16)10-13-6-5-12(9-14(13)17)15(21)19-18/h5-6,9H,3-4,7-8,10-11,18H2,1-2H3,(H,19,21). The van der Waals surface area contributed by atoms with Crippen molar-refractivity contribution in [3.63, 3.8) is 0 Å². The summed E-state index contributed by atoms with van der Waals surface area (Å²) >= 11 is 3.57. The van der Waals surface area contributed by atoms with Crippen LogP contribution in [0.25, 0.3) is 0 Å². The van der Waals surface area contributed by atoms with Crippen molar-refractivity contribution >= 4 is 21.8 Å². The summed E-state index contributed by atoms with van der Waals surface area (Å²) in [6.45, 7) is 7.83. The first-order valence-corrected chi connectivity index (χ1v) is 8.34. The number of rotatable bonds is 5. The van der Waals surface area contributed by atoms with E-state index in [1.54, 1.807) is 0 Å². The van der Waals surface area contributed by atoms with Gasteiger partial charge in [0.15, 0.2) is 0 Å². The number of likely N-dealkylation sites (tertiary alicyclic amines) is 1. The second kappa shape index (κ2) is 6.90. The highest BCUT2D eigenvalue weighted by molar-refractivity contribution is 9.10. The maximum Gasteiger partial charge on any atom is 0.265 e. The number of carbonyl (C=O) groups excluding carboxylic acids is 1. The van der Waals surface area contributed by atoms with Crippen LogP contribution in [0.5, 0.6) is 0 Å². The lowest BCUT2D eigenvalue weighted by atomic mass is 9.82. The fourth-order valence-electron chi connectivity index (χ4n) is 3.13. The molecule has 0 radical (unpaired) electrons. The van der Waals surface area contributed by atoms with E-state index in [1.807, 2.05) is 18.2 Å². The number of hydrazine groups is 1. The maximum absolute atomic E-state index is 11.5. The molecular weight excluding hydrogens is 330 g/mol. The Morgan fingerprint density at radius 2 is 2.14 bits per heavy atom. The van der Waals surface area contributed by atoms with Gasteiger partial charge in [-0.2, -0.15) is 0 Å². The minimum atomic E-state index is -0.264. The highest BCUT2D eigenvalue weighted by Crippen LogP contribution is 2.37. The van der Waals surface area contributed by atoms with Gasteiger partial charge in [-0.1, -0.05) is 35.8 Å². The largest absolute Gasteiger partial charge is 0.298 e. The van der Waals surface area contributed by atoms with Gasteiger partial charge in [0, 0.05) is 23.1 Å². The van der Waals surface area contributed by atoms with Crippen molar-refractivity contribution in [3.8, 4) is 0 Å². The van der Waals surface area contributed by atoms with Crippen molar-refractivity contribution in [2.45, 2.75) is 39.7 Å². The number of hydrogen-bond acceptors (Lipinski definition) is 3. The van der Waals surface area contributed by atoms with Crippen LogP contribution < -0.4 is 11.3 Å². The van der Waals surface area contributed by atoms with Gasteiger partial charge >= 0.3 is 0 Å². The van der Waals surface area contributed by atoms with Crippen LogP contribution >= 0.6 is 15.9 Å². The molecule has 1 amide bonds. The van der Waals surface area contributed by atoms with E-state index < -0.39 is 0 Å². The number of nitrogens with one attached hydrogen (secondary N) is 1. The molecule has 1 aromatic rings. The summed E-state index contributed by atoms with van der Waals surface area (Å²) in [5, 5.41) is 0. The molecule has 0 spiro atoms. The summed E-state index contributed by atoms with van der Waals surface area (Å²) in [6.07, 6.45) is 3.78. The molecule has 21 heavy (non-hydrogen) atoms. The molecule has 0 unspecified atom stereocenters. The van der Waals surface area contributed by atoms with Crippen molar-refractivity contribution in [2.75, 3.05) is 13.1 Å². The molecule has 0 aromatic heterocycles. The fraction of sp³-hybridized carbons (Fsp3) is 0.562. The number of nitrogens with two attached hydrogens (primary N) is 1. The molecule has 0 atom stereocenters. The van der Waals surface area contributed by atoms with Crippen LogP contribution in [0.4, 0.5) is 0 Å². The van der Waals surface area contributed by atoms with E-state index in [4.69, 9.17) is 5.84 Å². The van der Waals surface area contributed by atoms with E-state index in [1.165, 1.54) is 24.8 Å². The summed E-state index contributed by atoms with van der Waals surface area (Å²) in [5.41, 5.74) is 4.44. The number of nitrogens with zero attached hydrogens (tertiary/aromatic N) is 1. The molecule has 1 aliphatic rings. The quantitative estimate of drug-likeness (QED) is 0.485. The molecule has 116 valence electrons. The van der Waals surface area contributed by atoms with Crippen molar-refractivity contribution in [1.82, 2.24) is 10.3 Å². The van der Waals surface area contributed by atoms with Gasteiger partial charge in [0.1, 0.15) is 0 Å². The second-order valence-electron chi connectivity index (χ2n) is 5.95. The normalized spacial score (nSPS) is 17.9. The molecule has 0 saturated carbocycles. The molecule has 1 aliphatic heterocycles. The monoisotopic (exact) mass is 353 g/mol. The van der Waals surface area contributed by atoms with Crippen LogP contribution in [0.1, 0.15) is 49.0 Å². The van der Waals surface area contributed by atoms with Gasteiger partial charge in [-0.15, -0.1) is 0 Å². The minimum absolute atomic E-state index is 0.264. The summed E-state index contributed by atoms with van der Waals surface area (Å²) in [7, 11) is 0. The highest BCUT2D eigenvalue weighted by atomic mass is 79.9. The first-order chi connectivity index (χ1) is 10.0. The Hall–Kier alpha value is -0.910. The van der Waals surface area contributed by atoms with E-state index in [9.17, 15) is 4.79 Å². The Kier molecular flexibility index (Phi) is 5.41. The molecule has 5 heteroatoms. The molecule has 1 aromatic carbocycles. The van der Waals surface area contributed by atoms with Crippen molar-refractivity contribution in [2.24, 2.45) is 11.3 Å². The zero-order chi connectivity index (χ0) is 15.5. The SMILES string of the molecule is CCC1(CC)CCN(Cc2ccc(C(=O)NN)cc2Br)C1. The molecule has 2 rings (SSSR count). The fourth-order valence-corrected chi connectivity index (χ4v) is 3.64. The van der Waals surface area contributed by atoms with Crippen LogP contribution in [0.2, 0.25) is 0 Å². The van der Waals surface area contributed by atoms with Crippen molar-refractivity contribution in [3.05, 3.63) is 33.8 Å². The summed E-state index contributed by atoms with van der Waals surface area (Å²) in [4.78, 5) is 14.0. The molecule has 3 N–H and O–H groups in total. The minimum Gasteiger partial charge on any atom is -0.298 e. The predicted molar refractivity (Wildman–Crippen MR) is 88.7 cm³/mol. The number of benzene rings is 1. The molecule has 4 nitrogen and oxygen atoms in total. The van der Waals surface area contributed by atoms with Gasteiger partial charge in [0.25, 0.3) is 5.91 Å². The average Bonchev–Trinajstić information content (AvgIpc) is 2.92. The number of amides is 1. The summed E-state index contributed by atoms with van der Waals surface area (Å²) in [5.74, 6) is 4.90. The Morgan fingerprint density at radius 1 is 1.43 bits per heavy atom. The first kappa shape index (κ1) is 16.5. The number of carbonyl (C=O) groups is 1. The smallest absolute Gasteiger partial charge is 0.265 e. The number of nitrogen functional groups attached to an aromatic ring is 1. The van der Waals surface area contributed by atoms with Gasteiger partial charge in [0.05, 0.1) is 0 Å². The molecule has 1 fully saturated rings. The van der Waals surface area contributed by atoms with Crippen LogP contribution in [0, 0.1) is 5.41 Å². The van der Waals surface area contributed by atoms with E-state index in [2.05, 4.69) is 40.1 Å². The summed E-state index contributed by atoms with van der Waals surface area (Å²) in [6, 6.07) is 5.66. The van der Waals surface area contributed by atoms with Crippen LogP contribution in [-0.2, 0) is 6.54 Å². The third-order valence-electron chi connectivity index (χ3n) is 4.86.